The third-order valence-corrected chi connectivity index (χ3v) is 2.32. The first-order valence-electron chi connectivity index (χ1n) is 4.39. The Balaban J connectivity index is 2.14. The number of aliphatic hydroxyl groups excluding tert-OH is 1. The lowest BCUT2D eigenvalue weighted by Gasteiger charge is -2.25. The fourth-order valence-corrected chi connectivity index (χ4v) is 1.54. The van der Waals surface area contributed by atoms with Crippen LogP contribution in [0.15, 0.2) is 6.20 Å². The lowest BCUT2D eigenvalue weighted by atomic mass is 9.96. The number of aromatic nitrogens is 3. The minimum Gasteiger partial charge on any atom is -0.392 e. The first-order valence-corrected chi connectivity index (χ1v) is 4.39. The van der Waals surface area contributed by atoms with Gasteiger partial charge in [-0.3, -0.25) is 4.68 Å². The van der Waals surface area contributed by atoms with E-state index in [1.807, 2.05) is 13.2 Å². The molecule has 72 valence electrons. The molecular weight excluding hydrogens is 170 g/mol. The Morgan fingerprint density at radius 2 is 2.54 bits per heavy atom. The summed E-state index contributed by atoms with van der Waals surface area (Å²) < 4.78 is 6.91. The number of hydrogen-bond acceptors (Lipinski definition) is 4. The average Bonchev–Trinajstić information content (AvgIpc) is 2.53. The Kier molecular flexibility index (Phi) is 2.28. The maximum atomic E-state index is 9.67. The molecule has 2 heterocycles. The van der Waals surface area contributed by atoms with Crippen LogP contribution in [0.1, 0.15) is 18.0 Å². The van der Waals surface area contributed by atoms with Gasteiger partial charge < -0.3 is 9.84 Å². The maximum absolute atomic E-state index is 9.67. The van der Waals surface area contributed by atoms with Crippen LogP contribution >= 0.6 is 0 Å². The number of aryl methyl sites for hydroxylation is 1. The molecule has 0 spiro atoms. The van der Waals surface area contributed by atoms with Gasteiger partial charge in [-0.1, -0.05) is 5.21 Å². The fraction of sp³-hybridized carbons (Fsp3) is 0.750. The van der Waals surface area contributed by atoms with Crippen molar-refractivity contribution >= 4 is 0 Å². The summed E-state index contributed by atoms with van der Waals surface area (Å²) in [6.07, 6.45) is 2.16. The van der Waals surface area contributed by atoms with E-state index in [-0.39, 0.29) is 12.0 Å². The predicted octanol–water partition coefficient (Wildman–Crippen LogP) is -0.320. The van der Waals surface area contributed by atoms with E-state index in [4.69, 9.17) is 4.74 Å². The molecule has 13 heavy (non-hydrogen) atoms. The van der Waals surface area contributed by atoms with Crippen LogP contribution in [-0.4, -0.2) is 39.4 Å². The molecule has 1 unspecified atom stereocenters. The summed E-state index contributed by atoms with van der Waals surface area (Å²) in [6.45, 7) is 1.18. The largest absolute Gasteiger partial charge is 0.392 e. The fourth-order valence-electron chi connectivity index (χ4n) is 1.54. The quantitative estimate of drug-likeness (QED) is 0.648. The van der Waals surface area contributed by atoms with Gasteiger partial charge in [-0.05, 0) is 6.42 Å². The maximum Gasteiger partial charge on any atom is 0.0906 e. The van der Waals surface area contributed by atoms with E-state index in [0.717, 1.165) is 5.69 Å². The van der Waals surface area contributed by atoms with Crippen molar-refractivity contribution in [3.63, 3.8) is 0 Å². The summed E-state index contributed by atoms with van der Waals surface area (Å²) in [6, 6.07) is 0. The molecule has 0 bridgehead atoms. The molecule has 1 aliphatic heterocycles. The Morgan fingerprint density at radius 1 is 1.69 bits per heavy atom. The van der Waals surface area contributed by atoms with Crippen molar-refractivity contribution in [3.05, 3.63) is 11.9 Å². The smallest absolute Gasteiger partial charge is 0.0906 e. The lowest BCUT2D eigenvalue weighted by Crippen LogP contribution is -2.30. The molecule has 0 aliphatic carbocycles. The van der Waals surface area contributed by atoms with Crippen LogP contribution in [0.2, 0.25) is 0 Å². The molecule has 1 aromatic heterocycles. The van der Waals surface area contributed by atoms with Crippen LogP contribution in [0, 0.1) is 0 Å². The normalized spacial score (nSPS) is 29.1. The van der Waals surface area contributed by atoms with E-state index in [0.29, 0.717) is 19.6 Å². The second kappa shape index (κ2) is 3.43. The number of rotatable bonds is 1. The van der Waals surface area contributed by atoms with Crippen LogP contribution in [0.3, 0.4) is 0 Å². The Hall–Kier alpha value is -0.940. The molecule has 0 radical (unpaired) electrons. The summed E-state index contributed by atoms with van der Waals surface area (Å²) >= 11 is 0. The molecule has 1 N–H and O–H groups in total. The van der Waals surface area contributed by atoms with Crippen molar-refractivity contribution in [1.29, 1.82) is 0 Å². The zero-order valence-electron chi connectivity index (χ0n) is 7.55. The number of ether oxygens (including phenoxy) is 1. The minimum absolute atomic E-state index is 0.0116. The summed E-state index contributed by atoms with van der Waals surface area (Å²) in [5, 5.41) is 17.5. The van der Waals surface area contributed by atoms with Gasteiger partial charge in [0, 0.05) is 19.9 Å². The molecule has 2 atom stereocenters. The molecular formula is C8H13N3O2. The Bertz CT molecular complexity index is 287. The van der Waals surface area contributed by atoms with Crippen LogP contribution in [0.25, 0.3) is 0 Å². The van der Waals surface area contributed by atoms with Crippen molar-refractivity contribution in [2.45, 2.75) is 18.4 Å². The van der Waals surface area contributed by atoms with E-state index >= 15 is 0 Å². The van der Waals surface area contributed by atoms with Crippen LogP contribution in [-0.2, 0) is 11.8 Å². The van der Waals surface area contributed by atoms with Crippen molar-refractivity contribution < 1.29 is 9.84 Å². The highest BCUT2D eigenvalue weighted by Gasteiger charge is 2.27. The van der Waals surface area contributed by atoms with Crippen molar-refractivity contribution in [3.8, 4) is 0 Å². The monoisotopic (exact) mass is 183 g/mol. The zero-order chi connectivity index (χ0) is 9.26. The molecule has 0 amide bonds. The van der Waals surface area contributed by atoms with E-state index in [1.165, 1.54) is 0 Å². The van der Waals surface area contributed by atoms with Crippen molar-refractivity contribution in [2.24, 2.45) is 7.05 Å². The predicted molar refractivity (Wildman–Crippen MR) is 45.2 cm³/mol. The molecule has 0 saturated carbocycles. The second-order valence-electron chi connectivity index (χ2n) is 3.35. The summed E-state index contributed by atoms with van der Waals surface area (Å²) in [4.78, 5) is 0. The van der Waals surface area contributed by atoms with E-state index in [1.54, 1.807) is 4.68 Å². The highest BCUT2D eigenvalue weighted by molar-refractivity contribution is 5.05. The third-order valence-electron chi connectivity index (χ3n) is 2.32. The van der Waals surface area contributed by atoms with Crippen molar-refractivity contribution in [1.82, 2.24) is 15.0 Å². The van der Waals surface area contributed by atoms with Gasteiger partial charge in [0.25, 0.3) is 0 Å². The van der Waals surface area contributed by atoms with Gasteiger partial charge in [-0.15, -0.1) is 5.10 Å². The molecule has 1 aromatic rings. The SMILES string of the molecule is Cn1cc([C@@H]2COCCC2O)nn1. The van der Waals surface area contributed by atoms with E-state index in [2.05, 4.69) is 10.3 Å². The summed E-state index contributed by atoms with van der Waals surface area (Å²) in [5.74, 6) is -0.0116. The molecule has 5 nitrogen and oxygen atoms in total. The Morgan fingerprint density at radius 3 is 3.15 bits per heavy atom. The number of nitrogens with zero attached hydrogens (tertiary/aromatic N) is 3. The van der Waals surface area contributed by atoms with Gasteiger partial charge >= 0.3 is 0 Å². The van der Waals surface area contributed by atoms with E-state index < -0.39 is 0 Å². The lowest BCUT2D eigenvalue weighted by molar-refractivity contribution is -0.00714. The topological polar surface area (TPSA) is 60.2 Å². The van der Waals surface area contributed by atoms with Crippen LogP contribution in [0.4, 0.5) is 0 Å². The van der Waals surface area contributed by atoms with Gasteiger partial charge in [0.05, 0.1) is 24.3 Å². The second-order valence-corrected chi connectivity index (χ2v) is 3.35. The molecule has 1 saturated heterocycles. The first-order chi connectivity index (χ1) is 6.27. The van der Waals surface area contributed by atoms with Crippen LogP contribution in [0.5, 0.6) is 0 Å². The highest BCUT2D eigenvalue weighted by Crippen LogP contribution is 2.23. The summed E-state index contributed by atoms with van der Waals surface area (Å²) in [5.41, 5.74) is 0.815. The first kappa shape index (κ1) is 8.65. The van der Waals surface area contributed by atoms with Gasteiger partial charge in [-0.2, -0.15) is 0 Å². The molecule has 5 heteroatoms. The Labute approximate surface area is 76.3 Å². The van der Waals surface area contributed by atoms with Gasteiger partial charge in [0.2, 0.25) is 0 Å². The van der Waals surface area contributed by atoms with Crippen LogP contribution < -0.4 is 0 Å². The molecule has 1 aliphatic rings. The van der Waals surface area contributed by atoms with Gasteiger partial charge in [0.15, 0.2) is 0 Å². The molecule has 0 aromatic carbocycles. The molecule has 1 fully saturated rings. The standard InChI is InChI=1S/C8H13N3O2/c1-11-4-7(9-10-11)6-5-13-3-2-8(6)12/h4,6,8,12H,2-3,5H2,1H3/t6-,8?/m0/s1. The zero-order valence-corrected chi connectivity index (χ0v) is 7.55. The number of aliphatic hydroxyl groups is 1. The average molecular weight is 183 g/mol. The van der Waals surface area contributed by atoms with Crippen molar-refractivity contribution in [2.75, 3.05) is 13.2 Å². The summed E-state index contributed by atoms with van der Waals surface area (Å²) in [7, 11) is 1.81. The molecule has 2 rings (SSSR count). The van der Waals surface area contributed by atoms with Gasteiger partial charge in [-0.25, -0.2) is 0 Å². The van der Waals surface area contributed by atoms with E-state index in [9.17, 15) is 5.11 Å². The van der Waals surface area contributed by atoms with Gasteiger partial charge in [0.1, 0.15) is 0 Å². The number of hydrogen-bond donors (Lipinski definition) is 1. The third kappa shape index (κ3) is 1.71. The highest BCUT2D eigenvalue weighted by atomic mass is 16.5. The minimum atomic E-state index is -0.342.